The summed E-state index contributed by atoms with van der Waals surface area (Å²) in [6.07, 6.45) is 0.809. The van der Waals surface area contributed by atoms with Gasteiger partial charge in [-0.1, -0.05) is 24.6 Å². The molecule has 0 aromatic heterocycles. The lowest BCUT2D eigenvalue weighted by Crippen LogP contribution is -2.51. The van der Waals surface area contributed by atoms with Gasteiger partial charge in [0.2, 0.25) is 0 Å². The molecule has 3 nitrogen and oxygen atoms in total. The second-order valence-electron chi connectivity index (χ2n) is 4.59. The van der Waals surface area contributed by atoms with Gasteiger partial charge in [0.05, 0.1) is 42.7 Å². The number of halogens is 1. The molecule has 0 saturated carbocycles. The van der Waals surface area contributed by atoms with E-state index in [1.165, 1.54) is 0 Å². The van der Waals surface area contributed by atoms with Crippen molar-refractivity contribution in [3.05, 3.63) is 28.8 Å². The van der Waals surface area contributed by atoms with E-state index in [0.717, 1.165) is 12.0 Å². The molecule has 0 aliphatic carbocycles. The molecule has 1 atom stereocenters. The van der Waals surface area contributed by atoms with Crippen LogP contribution < -0.4 is 4.74 Å². The highest BCUT2D eigenvalue weighted by Gasteiger charge is 2.46. The van der Waals surface area contributed by atoms with E-state index in [-0.39, 0.29) is 11.3 Å². The third-order valence-electron chi connectivity index (χ3n) is 3.68. The maximum absolute atomic E-state index is 9.29. The maximum atomic E-state index is 9.29. The Balaban J connectivity index is 2.39. The van der Waals surface area contributed by atoms with Crippen LogP contribution in [0.1, 0.15) is 18.9 Å². The van der Waals surface area contributed by atoms with Gasteiger partial charge >= 0.3 is 0 Å². The largest absolute Gasteiger partial charge is 0.495 e. The number of benzene rings is 1. The number of nitriles is 1. The summed E-state index contributed by atoms with van der Waals surface area (Å²) in [7, 11) is 1.59. The van der Waals surface area contributed by atoms with E-state index < -0.39 is 0 Å². The summed E-state index contributed by atoms with van der Waals surface area (Å²) >= 11 is 6.16. The molecule has 1 fully saturated rings. The Morgan fingerprint density at radius 1 is 1.56 bits per heavy atom. The smallest absolute Gasteiger partial charge is 0.137 e. The fourth-order valence-electron chi connectivity index (χ4n) is 2.47. The van der Waals surface area contributed by atoms with E-state index in [0.29, 0.717) is 24.0 Å². The molecular formula is C14H16ClNO2. The molecule has 2 rings (SSSR count). The number of hydrogen-bond donors (Lipinski definition) is 0. The topological polar surface area (TPSA) is 42.2 Å². The number of rotatable bonds is 4. The van der Waals surface area contributed by atoms with Crippen molar-refractivity contribution >= 4 is 11.6 Å². The van der Waals surface area contributed by atoms with Crippen molar-refractivity contribution in [2.24, 2.45) is 5.92 Å². The van der Waals surface area contributed by atoms with Gasteiger partial charge in [-0.3, -0.25) is 0 Å². The van der Waals surface area contributed by atoms with E-state index in [1.54, 1.807) is 7.11 Å². The van der Waals surface area contributed by atoms with Gasteiger partial charge in [-0.2, -0.15) is 5.26 Å². The maximum Gasteiger partial charge on any atom is 0.137 e. The van der Waals surface area contributed by atoms with Gasteiger partial charge in [-0.05, 0) is 24.1 Å². The minimum absolute atomic E-state index is 0.0456. The first-order valence-electron chi connectivity index (χ1n) is 5.99. The zero-order chi connectivity index (χ0) is 13.2. The molecule has 1 heterocycles. The van der Waals surface area contributed by atoms with Gasteiger partial charge < -0.3 is 9.47 Å². The van der Waals surface area contributed by atoms with Gasteiger partial charge in [0.15, 0.2) is 0 Å². The number of methoxy groups -OCH3 is 1. The molecule has 0 radical (unpaired) electrons. The summed E-state index contributed by atoms with van der Waals surface area (Å²) in [6, 6.07) is 8.11. The third-order valence-corrected chi connectivity index (χ3v) is 3.97. The van der Waals surface area contributed by atoms with Crippen LogP contribution in [0.4, 0.5) is 0 Å². The fourth-order valence-corrected chi connectivity index (χ4v) is 2.73. The molecule has 1 aromatic rings. The molecule has 0 bridgehead atoms. The Morgan fingerprint density at radius 2 is 2.28 bits per heavy atom. The van der Waals surface area contributed by atoms with E-state index in [4.69, 9.17) is 21.1 Å². The molecule has 96 valence electrons. The van der Waals surface area contributed by atoms with Gasteiger partial charge in [-0.15, -0.1) is 0 Å². The highest BCUT2D eigenvalue weighted by atomic mass is 35.5. The summed E-state index contributed by atoms with van der Waals surface area (Å²) in [5, 5.41) is 9.87. The van der Waals surface area contributed by atoms with Crippen molar-refractivity contribution in [1.82, 2.24) is 0 Å². The van der Waals surface area contributed by atoms with E-state index >= 15 is 0 Å². The number of nitrogens with zero attached hydrogens (tertiary/aromatic N) is 1. The molecule has 0 spiro atoms. The van der Waals surface area contributed by atoms with Crippen LogP contribution in [0.3, 0.4) is 0 Å². The van der Waals surface area contributed by atoms with E-state index in [1.807, 2.05) is 25.1 Å². The molecular weight excluding hydrogens is 250 g/mol. The van der Waals surface area contributed by atoms with Gasteiger partial charge in [0.25, 0.3) is 0 Å². The van der Waals surface area contributed by atoms with Crippen LogP contribution in [0.2, 0.25) is 5.02 Å². The summed E-state index contributed by atoms with van der Waals surface area (Å²) in [6.45, 7) is 3.20. The van der Waals surface area contributed by atoms with Gasteiger partial charge in [0, 0.05) is 0 Å². The minimum atomic E-state index is -0.209. The Bertz CT molecular complexity index is 477. The van der Waals surface area contributed by atoms with Crippen molar-refractivity contribution < 1.29 is 9.47 Å². The highest BCUT2D eigenvalue weighted by Crippen LogP contribution is 2.42. The zero-order valence-electron chi connectivity index (χ0n) is 10.6. The lowest BCUT2D eigenvalue weighted by molar-refractivity contribution is -0.0804. The number of ether oxygens (including phenoxy) is 2. The lowest BCUT2D eigenvalue weighted by atomic mass is 9.68. The first-order chi connectivity index (χ1) is 8.67. The normalized spacial score (nSPS) is 18.6. The number of hydrogen-bond acceptors (Lipinski definition) is 3. The quantitative estimate of drug-likeness (QED) is 0.840. The Labute approximate surface area is 112 Å². The molecule has 0 amide bonds. The van der Waals surface area contributed by atoms with Crippen LogP contribution in [0.5, 0.6) is 5.75 Å². The highest BCUT2D eigenvalue weighted by molar-refractivity contribution is 6.32. The van der Waals surface area contributed by atoms with Crippen molar-refractivity contribution in [3.8, 4) is 11.8 Å². The average Bonchev–Trinajstić information content (AvgIpc) is 2.33. The average molecular weight is 266 g/mol. The van der Waals surface area contributed by atoms with Crippen molar-refractivity contribution in [3.63, 3.8) is 0 Å². The molecule has 0 N–H and O–H groups in total. The molecule has 1 aromatic carbocycles. The first kappa shape index (κ1) is 13.2. The predicted octanol–water partition coefficient (Wildman–Crippen LogP) is 3.17. The fraction of sp³-hybridized carbons (Fsp3) is 0.500. The Hall–Kier alpha value is -1.24. The molecule has 1 aliphatic heterocycles. The summed E-state index contributed by atoms with van der Waals surface area (Å²) < 4.78 is 10.5. The van der Waals surface area contributed by atoms with Crippen LogP contribution in [-0.2, 0) is 10.2 Å². The standard InChI is InChI=1S/C14H16ClNO2/c1-3-10(7-16)14(8-18-9-14)11-4-5-13(17-2)12(15)6-11/h4-6,10H,3,8-9H2,1-2H3. The van der Waals surface area contributed by atoms with Gasteiger partial charge in [-0.25, -0.2) is 0 Å². The summed E-state index contributed by atoms with van der Waals surface area (Å²) in [5.74, 6) is 0.608. The van der Waals surface area contributed by atoms with Crippen molar-refractivity contribution in [2.75, 3.05) is 20.3 Å². The Morgan fingerprint density at radius 3 is 2.67 bits per heavy atom. The van der Waals surface area contributed by atoms with E-state index in [2.05, 4.69) is 6.07 Å². The molecule has 1 aliphatic rings. The first-order valence-corrected chi connectivity index (χ1v) is 6.37. The second-order valence-corrected chi connectivity index (χ2v) is 5.00. The van der Waals surface area contributed by atoms with E-state index in [9.17, 15) is 5.26 Å². The third kappa shape index (κ3) is 1.96. The van der Waals surface area contributed by atoms with Crippen molar-refractivity contribution in [2.45, 2.75) is 18.8 Å². The predicted molar refractivity (Wildman–Crippen MR) is 69.9 cm³/mol. The lowest BCUT2D eigenvalue weighted by Gasteiger charge is -2.45. The second kappa shape index (κ2) is 5.17. The van der Waals surface area contributed by atoms with Crippen molar-refractivity contribution in [1.29, 1.82) is 5.26 Å². The zero-order valence-corrected chi connectivity index (χ0v) is 11.3. The minimum Gasteiger partial charge on any atom is -0.495 e. The molecule has 18 heavy (non-hydrogen) atoms. The molecule has 1 saturated heterocycles. The van der Waals surface area contributed by atoms with Crippen LogP contribution in [0.25, 0.3) is 0 Å². The monoisotopic (exact) mass is 265 g/mol. The SMILES string of the molecule is CCC(C#N)C1(c2ccc(OC)c(Cl)c2)COC1. The van der Waals surface area contributed by atoms with Crippen LogP contribution in [0.15, 0.2) is 18.2 Å². The molecule has 4 heteroatoms. The molecule has 1 unspecified atom stereocenters. The summed E-state index contributed by atoms with van der Waals surface area (Å²) in [4.78, 5) is 0. The van der Waals surface area contributed by atoms with Crippen LogP contribution in [-0.4, -0.2) is 20.3 Å². The van der Waals surface area contributed by atoms with Gasteiger partial charge in [0.1, 0.15) is 5.75 Å². The summed E-state index contributed by atoms with van der Waals surface area (Å²) in [5.41, 5.74) is 0.854. The Kier molecular flexibility index (Phi) is 3.79. The van der Waals surface area contributed by atoms with Crippen LogP contribution >= 0.6 is 11.6 Å². The van der Waals surface area contributed by atoms with Crippen LogP contribution in [0, 0.1) is 17.2 Å².